The number of aromatic nitrogens is 2. The highest BCUT2D eigenvalue weighted by Crippen LogP contribution is 2.28. The van der Waals surface area contributed by atoms with Crippen molar-refractivity contribution < 1.29 is 9.59 Å². The first-order chi connectivity index (χ1) is 12.5. The highest BCUT2D eigenvalue weighted by molar-refractivity contribution is 5.93. The second-order valence-electron chi connectivity index (χ2n) is 7.61. The molecule has 0 saturated carbocycles. The molecule has 1 unspecified atom stereocenters. The van der Waals surface area contributed by atoms with Crippen molar-refractivity contribution in [1.29, 1.82) is 0 Å². The average Bonchev–Trinajstić information content (AvgIpc) is 3.31. The molecule has 2 N–H and O–H groups in total. The lowest BCUT2D eigenvalue weighted by Crippen LogP contribution is -2.41. The highest BCUT2D eigenvalue weighted by atomic mass is 16.2. The van der Waals surface area contributed by atoms with Crippen LogP contribution in [0.2, 0.25) is 0 Å². The maximum atomic E-state index is 12.5. The van der Waals surface area contributed by atoms with E-state index in [-0.39, 0.29) is 29.8 Å². The fraction of sp³-hybridized carbons (Fsp3) is 0.450. The summed E-state index contributed by atoms with van der Waals surface area (Å²) in [5, 5.41) is 9.95. The number of fused-ring (bicyclic) bond motifs is 1. The zero-order chi connectivity index (χ0) is 18.3. The van der Waals surface area contributed by atoms with Crippen LogP contribution in [-0.2, 0) is 17.6 Å². The van der Waals surface area contributed by atoms with Crippen LogP contribution >= 0.6 is 0 Å². The van der Waals surface area contributed by atoms with Gasteiger partial charge in [0.05, 0.1) is 6.04 Å². The van der Waals surface area contributed by atoms with Crippen molar-refractivity contribution in [3.8, 4) is 0 Å². The van der Waals surface area contributed by atoms with Gasteiger partial charge in [-0.1, -0.05) is 38.1 Å². The minimum atomic E-state index is -0.220. The molecule has 1 aliphatic heterocycles. The Kier molecular flexibility index (Phi) is 4.26. The molecule has 4 rings (SSSR count). The number of hydrogen-bond acceptors (Lipinski definition) is 3. The molecular weight excluding hydrogens is 328 g/mol. The van der Waals surface area contributed by atoms with Crippen LogP contribution in [0, 0.1) is 0 Å². The van der Waals surface area contributed by atoms with E-state index >= 15 is 0 Å². The molecular formula is C20H24N4O2. The molecule has 0 radical (unpaired) electrons. The van der Waals surface area contributed by atoms with Crippen LogP contribution in [0.3, 0.4) is 0 Å². The summed E-state index contributed by atoms with van der Waals surface area (Å²) in [5.74, 6) is 0.192. The molecule has 6 nitrogen and oxygen atoms in total. The van der Waals surface area contributed by atoms with Gasteiger partial charge in [-0.3, -0.25) is 14.7 Å². The lowest BCUT2D eigenvalue weighted by Gasteiger charge is -2.24. The van der Waals surface area contributed by atoms with Gasteiger partial charge in [0.1, 0.15) is 5.69 Å². The van der Waals surface area contributed by atoms with Gasteiger partial charge in [-0.15, -0.1) is 0 Å². The molecule has 136 valence electrons. The lowest BCUT2D eigenvalue weighted by molar-refractivity contribution is -0.129. The molecule has 1 aromatic carbocycles. The van der Waals surface area contributed by atoms with Crippen molar-refractivity contribution in [3.63, 3.8) is 0 Å². The first-order valence-electron chi connectivity index (χ1n) is 9.23. The summed E-state index contributed by atoms with van der Waals surface area (Å²) >= 11 is 0. The number of likely N-dealkylation sites (tertiary alicyclic amines) is 1. The van der Waals surface area contributed by atoms with E-state index in [4.69, 9.17) is 0 Å². The van der Waals surface area contributed by atoms with Crippen LogP contribution in [0.1, 0.15) is 53.5 Å². The summed E-state index contributed by atoms with van der Waals surface area (Å²) < 4.78 is 0. The normalized spacial score (nSPS) is 20.0. The number of carbonyl (C=O) groups excluding carboxylic acids is 2. The van der Waals surface area contributed by atoms with Crippen LogP contribution < -0.4 is 5.32 Å². The fourth-order valence-corrected chi connectivity index (χ4v) is 3.95. The van der Waals surface area contributed by atoms with Gasteiger partial charge in [0.25, 0.3) is 5.91 Å². The van der Waals surface area contributed by atoms with Gasteiger partial charge in [0.2, 0.25) is 5.91 Å². The van der Waals surface area contributed by atoms with E-state index in [9.17, 15) is 9.59 Å². The van der Waals surface area contributed by atoms with Crippen molar-refractivity contribution in [1.82, 2.24) is 20.4 Å². The van der Waals surface area contributed by atoms with Crippen molar-refractivity contribution in [2.75, 3.05) is 6.54 Å². The summed E-state index contributed by atoms with van der Waals surface area (Å²) in [7, 11) is 0. The van der Waals surface area contributed by atoms with Crippen molar-refractivity contribution >= 4 is 11.8 Å². The van der Waals surface area contributed by atoms with Gasteiger partial charge < -0.3 is 10.2 Å². The summed E-state index contributed by atoms with van der Waals surface area (Å²) in [6, 6.07) is 10.2. The Hall–Kier alpha value is -2.63. The third-order valence-electron chi connectivity index (χ3n) is 5.42. The van der Waals surface area contributed by atoms with Crippen molar-refractivity contribution in [3.05, 3.63) is 52.8 Å². The Labute approximate surface area is 153 Å². The van der Waals surface area contributed by atoms with Gasteiger partial charge in [0.15, 0.2) is 0 Å². The van der Waals surface area contributed by atoms with E-state index in [1.54, 1.807) is 6.07 Å². The Morgan fingerprint density at radius 3 is 2.54 bits per heavy atom. The zero-order valence-corrected chi connectivity index (χ0v) is 15.2. The average molecular weight is 352 g/mol. The fourth-order valence-electron chi connectivity index (χ4n) is 3.95. The van der Waals surface area contributed by atoms with E-state index in [2.05, 4.69) is 27.6 Å². The van der Waals surface area contributed by atoms with Gasteiger partial charge in [-0.2, -0.15) is 5.10 Å². The monoisotopic (exact) mass is 352 g/mol. The van der Waals surface area contributed by atoms with Crippen LogP contribution in [0.5, 0.6) is 0 Å². The van der Waals surface area contributed by atoms with Crippen molar-refractivity contribution in [2.45, 2.75) is 51.1 Å². The minimum absolute atomic E-state index is 0.123. The number of H-pyrrole nitrogens is 1. The van der Waals surface area contributed by atoms with Crippen LogP contribution in [0.4, 0.5) is 0 Å². The second-order valence-corrected chi connectivity index (χ2v) is 7.61. The maximum absolute atomic E-state index is 12.5. The third kappa shape index (κ3) is 3.11. The standard InChI is InChI=1S/C20H24N4O2/c1-12(2)17-10-18(23-22-17)20(26)21-15-9-19(25)24(11-15)16-7-13-5-3-4-6-14(13)8-16/h3-6,10,12,15-16H,7-9,11H2,1-2H3,(H,21,26)(H,22,23). The predicted molar refractivity (Wildman–Crippen MR) is 97.9 cm³/mol. The molecule has 1 aromatic heterocycles. The number of aromatic amines is 1. The molecule has 0 spiro atoms. The van der Waals surface area contributed by atoms with Gasteiger partial charge in [-0.05, 0) is 36.0 Å². The summed E-state index contributed by atoms with van der Waals surface area (Å²) in [5.41, 5.74) is 3.97. The van der Waals surface area contributed by atoms with E-state index < -0.39 is 0 Å². The second kappa shape index (κ2) is 6.59. The zero-order valence-electron chi connectivity index (χ0n) is 15.2. The molecule has 26 heavy (non-hydrogen) atoms. The number of nitrogens with zero attached hydrogens (tertiary/aromatic N) is 2. The molecule has 2 aliphatic rings. The molecule has 2 aromatic rings. The quantitative estimate of drug-likeness (QED) is 0.884. The number of carbonyl (C=O) groups is 2. The number of nitrogens with one attached hydrogen (secondary N) is 2. The predicted octanol–water partition coefficient (Wildman–Crippen LogP) is 2.03. The Bertz CT molecular complexity index is 817. The third-order valence-corrected chi connectivity index (χ3v) is 5.42. The number of rotatable bonds is 4. The molecule has 0 bridgehead atoms. The lowest BCUT2D eigenvalue weighted by atomic mass is 10.1. The molecule has 1 fully saturated rings. The van der Waals surface area contributed by atoms with E-state index in [0.29, 0.717) is 18.7 Å². The summed E-state index contributed by atoms with van der Waals surface area (Å²) in [6.07, 6.45) is 2.17. The van der Waals surface area contributed by atoms with Crippen molar-refractivity contribution in [2.24, 2.45) is 0 Å². The number of hydrogen-bond donors (Lipinski definition) is 2. The smallest absolute Gasteiger partial charge is 0.272 e. The highest BCUT2D eigenvalue weighted by Gasteiger charge is 2.37. The summed E-state index contributed by atoms with van der Waals surface area (Å²) in [6.45, 7) is 4.66. The molecule has 1 saturated heterocycles. The Balaban J connectivity index is 1.38. The molecule has 1 aliphatic carbocycles. The number of benzene rings is 1. The van der Waals surface area contributed by atoms with E-state index in [1.807, 2.05) is 30.9 Å². The summed E-state index contributed by atoms with van der Waals surface area (Å²) in [4.78, 5) is 26.9. The first kappa shape index (κ1) is 16.8. The van der Waals surface area contributed by atoms with E-state index in [1.165, 1.54) is 11.1 Å². The van der Waals surface area contributed by atoms with Gasteiger partial charge >= 0.3 is 0 Å². The van der Waals surface area contributed by atoms with Gasteiger partial charge in [0, 0.05) is 24.7 Å². The Morgan fingerprint density at radius 2 is 1.92 bits per heavy atom. The molecule has 2 amide bonds. The van der Waals surface area contributed by atoms with Gasteiger partial charge in [-0.25, -0.2) is 0 Å². The minimum Gasteiger partial charge on any atom is -0.346 e. The van der Waals surface area contributed by atoms with E-state index in [0.717, 1.165) is 18.5 Å². The van der Waals surface area contributed by atoms with Crippen LogP contribution in [0.15, 0.2) is 30.3 Å². The molecule has 2 heterocycles. The van der Waals surface area contributed by atoms with Crippen LogP contribution in [-0.4, -0.2) is 45.5 Å². The number of amides is 2. The first-order valence-corrected chi connectivity index (χ1v) is 9.23. The van der Waals surface area contributed by atoms with Crippen LogP contribution in [0.25, 0.3) is 0 Å². The topological polar surface area (TPSA) is 78.1 Å². The SMILES string of the molecule is CC(C)c1cc(C(=O)NC2CC(=O)N(C3Cc4ccccc4C3)C2)n[nH]1. The Morgan fingerprint density at radius 1 is 1.23 bits per heavy atom. The molecule has 6 heteroatoms. The maximum Gasteiger partial charge on any atom is 0.272 e. The molecule has 1 atom stereocenters. The largest absolute Gasteiger partial charge is 0.346 e.